The van der Waals surface area contributed by atoms with Gasteiger partial charge in [0.25, 0.3) is 12.3 Å². The number of halogens is 2. The number of benzene rings is 1. The maximum Gasteiger partial charge on any atom is 0.255 e. The molecule has 0 heterocycles. The fourth-order valence-electron chi connectivity index (χ4n) is 1.15. The van der Waals surface area contributed by atoms with E-state index < -0.39 is 18.9 Å². The summed E-state index contributed by atoms with van der Waals surface area (Å²) in [7, 11) is 0. The fourth-order valence-corrected chi connectivity index (χ4v) is 1.15. The van der Waals surface area contributed by atoms with E-state index in [0.29, 0.717) is 5.56 Å². The van der Waals surface area contributed by atoms with Gasteiger partial charge in [0.15, 0.2) is 5.84 Å². The van der Waals surface area contributed by atoms with Crippen molar-refractivity contribution < 1.29 is 18.8 Å². The second-order valence-corrected chi connectivity index (χ2v) is 3.17. The highest BCUT2D eigenvalue weighted by molar-refractivity contribution is 6.01. The number of nitrogens with two attached hydrogens (primary N) is 1. The quantitative estimate of drug-likeness (QED) is 0.316. The van der Waals surface area contributed by atoms with Gasteiger partial charge in [-0.15, -0.1) is 0 Å². The predicted octanol–water partition coefficient (Wildman–Crippen LogP) is 0.776. The van der Waals surface area contributed by atoms with Crippen LogP contribution in [0.4, 0.5) is 8.78 Å². The Balaban J connectivity index is 2.81. The highest BCUT2D eigenvalue weighted by Gasteiger charge is 2.10. The first-order valence-electron chi connectivity index (χ1n) is 4.69. The molecule has 17 heavy (non-hydrogen) atoms. The first kappa shape index (κ1) is 12.9. The molecule has 0 aromatic heterocycles. The summed E-state index contributed by atoms with van der Waals surface area (Å²) in [5, 5.41) is 13.3. The van der Waals surface area contributed by atoms with Crippen LogP contribution in [-0.2, 0) is 0 Å². The number of rotatable bonds is 4. The van der Waals surface area contributed by atoms with Gasteiger partial charge >= 0.3 is 0 Å². The van der Waals surface area contributed by atoms with Gasteiger partial charge in [0, 0.05) is 11.1 Å². The molecule has 0 atom stereocenters. The van der Waals surface area contributed by atoms with Crippen LogP contribution in [0.3, 0.4) is 0 Å². The van der Waals surface area contributed by atoms with Crippen molar-refractivity contribution in [2.45, 2.75) is 6.43 Å². The number of nitrogens with zero attached hydrogens (tertiary/aromatic N) is 1. The Hall–Kier alpha value is -2.18. The summed E-state index contributed by atoms with van der Waals surface area (Å²) in [6, 6.07) is 5.81. The first-order valence-corrected chi connectivity index (χ1v) is 4.69. The standard InChI is InChI=1S/C10H11F2N3O2/c11-8(12)5-14-10(16)7-3-1-2-6(4-7)9(13)15-17/h1-4,8,17H,5H2,(H2,13,15)(H,14,16). The van der Waals surface area contributed by atoms with Gasteiger partial charge in [-0.25, -0.2) is 8.78 Å². The van der Waals surface area contributed by atoms with Gasteiger partial charge < -0.3 is 16.3 Å². The summed E-state index contributed by atoms with van der Waals surface area (Å²) in [5.74, 6) is -0.800. The molecule has 5 nitrogen and oxygen atoms in total. The van der Waals surface area contributed by atoms with E-state index in [4.69, 9.17) is 10.9 Å². The Morgan fingerprint density at radius 1 is 1.47 bits per heavy atom. The van der Waals surface area contributed by atoms with Gasteiger partial charge in [-0.3, -0.25) is 4.79 Å². The lowest BCUT2D eigenvalue weighted by molar-refractivity contribution is 0.0891. The molecule has 1 rings (SSSR count). The van der Waals surface area contributed by atoms with Gasteiger partial charge in [-0.2, -0.15) is 0 Å². The molecular formula is C10H11F2N3O2. The molecule has 0 spiro atoms. The minimum Gasteiger partial charge on any atom is -0.409 e. The summed E-state index contributed by atoms with van der Waals surface area (Å²) in [6.07, 6.45) is -2.61. The van der Waals surface area contributed by atoms with Crippen LogP contribution in [-0.4, -0.2) is 29.9 Å². The van der Waals surface area contributed by atoms with E-state index in [9.17, 15) is 13.6 Å². The maximum absolute atomic E-state index is 11.9. The average molecular weight is 243 g/mol. The molecule has 0 aliphatic heterocycles. The lowest BCUT2D eigenvalue weighted by atomic mass is 10.1. The summed E-state index contributed by atoms with van der Waals surface area (Å²) in [4.78, 5) is 11.4. The lowest BCUT2D eigenvalue weighted by Crippen LogP contribution is -2.28. The Morgan fingerprint density at radius 3 is 2.71 bits per heavy atom. The number of oxime groups is 1. The zero-order chi connectivity index (χ0) is 12.8. The largest absolute Gasteiger partial charge is 0.409 e. The van der Waals surface area contributed by atoms with E-state index in [2.05, 4.69) is 10.5 Å². The summed E-state index contributed by atoms with van der Waals surface area (Å²) < 4.78 is 23.8. The van der Waals surface area contributed by atoms with Crippen LogP contribution in [0.1, 0.15) is 15.9 Å². The van der Waals surface area contributed by atoms with E-state index in [0.717, 1.165) is 0 Å². The van der Waals surface area contributed by atoms with Crippen molar-refractivity contribution in [2.24, 2.45) is 10.9 Å². The molecular weight excluding hydrogens is 232 g/mol. The third-order valence-electron chi connectivity index (χ3n) is 1.95. The molecule has 0 saturated heterocycles. The van der Waals surface area contributed by atoms with Gasteiger partial charge in [-0.1, -0.05) is 17.3 Å². The maximum atomic E-state index is 11.9. The van der Waals surface area contributed by atoms with E-state index >= 15 is 0 Å². The number of carbonyl (C=O) groups is 1. The van der Waals surface area contributed by atoms with Crippen molar-refractivity contribution in [3.63, 3.8) is 0 Å². The Bertz CT molecular complexity index is 435. The molecule has 0 radical (unpaired) electrons. The van der Waals surface area contributed by atoms with Crippen molar-refractivity contribution in [1.82, 2.24) is 5.32 Å². The van der Waals surface area contributed by atoms with Crippen molar-refractivity contribution >= 4 is 11.7 Å². The second kappa shape index (κ2) is 5.78. The molecule has 1 amide bonds. The molecule has 0 aliphatic rings. The predicted molar refractivity (Wildman–Crippen MR) is 57.3 cm³/mol. The van der Waals surface area contributed by atoms with Gasteiger partial charge in [0.1, 0.15) is 0 Å². The smallest absolute Gasteiger partial charge is 0.255 e. The zero-order valence-electron chi connectivity index (χ0n) is 8.73. The zero-order valence-corrected chi connectivity index (χ0v) is 8.73. The summed E-state index contributed by atoms with van der Waals surface area (Å²) >= 11 is 0. The monoisotopic (exact) mass is 243 g/mol. The number of nitrogens with one attached hydrogen (secondary N) is 1. The average Bonchev–Trinajstić information content (AvgIpc) is 2.35. The van der Waals surface area contributed by atoms with Crippen LogP contribution in [0.2, 0.25) is 0 Å². The van der Waals surface area contributed by atoms with Gasteiger partial charge in [0.2, 0.25) is 0 Å². The van der Waals surface area contributed by atoms with Crippen molar-refractivity contribution in [2.75, 3.05) is 6.54 Å². The van der Waals surface area contributed by atoms with E-state index in [1.54, 1.807) is 0 Å². The molecule has 4 N–H and O–H groups in total. The van der Waals surface area contributed by atoms with Crippen molar-refractivity contribution in [1.29, 1.82) is 0 Å². The first-order chi connectivity index (χ1) is 8.04. The van der Waals surface area contributed by atoms with Crippen LogP contribution in [0.5, 0.6) is 0 Å². The van der Waals surface area contributed by atoms with Crippen LogP contribution in [0.15, 0.2) is 29.4 Å². The van der Waals surface area contributed by atoms with Crippen LogP contribution >= 0.6 is 0 Å². The minimum atomic E-state index is -2.61. The fraction of sp³-hybridized carbons (Fsp3) is 0.200. The number of amides is 1. The molecule has 7 heteroatoms. The molecule has 0 unspecified atom stereocenters. The van der Waals surface area contributed by atoms with Gasteiger partial charge in [0.05, 0.1) is 6.54 Å². The number of amidine groups is 1. The normalized spacial score (nSPS) is 11.6. The van der Waals surface area contributed by atoms with Crippen LogP contribution in [0.25, 0.3) is 0 Å². The molecule has 92 valence electrons. The molecule has 1 aromatic rings. The van der Waals surface area contributed by atoms with Crippen LogP contribution in [0, 0.1) is 0 Å². The minimum absolute atomic E-state index is 0.159. The van der Waals surface area contributed by atoms with Crippen molar-refractivity contribution in [3.8, 4) is 0 Å². The number of hydrogen-bond acceptors (Lipinski definition) is 3. The third-order valence-corrected chi connectivity index (χ3v) is 1.95. The summed E-state index contributed by atoms with van der Waals surface area (Å²) in [6.45, 7) is -0.716. The molecule has 0 bridgehead atoms. The molecule has 0 fully saturated rings. The highest BCUT2D eigenvalue weighted by Crippen LogP contribution is 2.05. The van der Waals surface area contributed by atoms with Gasteiger partial charge in [-0.05, 0) is 12.1 Å². The second-order valence-electron chi connectivity index (χ2n) is 3.17. The Kier molecular flexibility index (Phi) is 4.38. The Labute approximate surface area is 95.9 Å². The number of hydrogen-bond donors (Lipinski definition) is 3. The SMILES string of the molecule is N/C(=N/O)c1cccc(C(=O)NCC(F)F)c1. The van der Waals surface area contributed by atoms with E-state index in [1.807, 2.05) is 0 Å². The van der Waals surface area contributed by atoms with Crippen molar-refractivity contribution in [3.05, 3.63) is 35.4 Å². The Morgan fingerprint density at radius 2 is 2.12 bits per heavy atom. The third kappa shape index (κ3) is 3.71. The molecule has 1 aromatic carbocycles. The van der Waals surface area contributed by atoms with Crippen LogP contribution < -0.4 is 11.1 Å². The number of alkyl halides is 2. The highest BCUT2D eigenvalue weighted by atomic mass is 19.3. The van der Waals surface area contributed by atoms with E-state index in [-0.39, 0.29) is 11.4 Å². The molecule has 0 saturated carbocycles. The molecule has 0 aliphatic carbocycles. The van der Waals surface area contributed by atoms with E-state index in [1.165, 1.54) is 24.3 Å². The lowest BCUT2D eigenvalue weighted by Gasteiger charge is -2.05. The number of carbonyl (C=O) groups excluding carboxylic acids is 1. The summed E-state index contributed by atoms with van der Waals surface area (Å²) in [5.41, 5.74) is 5.83. The topological polar surface area (TPSA) is 87.7 Å².